The van der Waals surface area contributed by atoms with Gasteiger partial charge in [-0.05, 0) is 23.1 Å². The zero-order valence-electron chi connectivity index (χ0n) is 13.5. The average molecular weight is 363 g/mol. The van der Waals surface area contributed by atoms with Gasteiger partial charge in [-0.25, -0.2) is 4.79 Å². The predicted molar refractivity (Wildman–Crippen MR) is 96.8 cm³/mol. The van der Waals surface area contributed by atoms with E-state index < -0.39 is 0 Å². The number of hydrogen-bond donors (Lipinski definition) is 2. The molecule has 0 fully saturated rings. The molecular formula is C17H19N2O3S2+. The lowest BCUT2D eigenvalue weighted by Crippen LogP contribution is -3.08. The predicted octanol–water partition coefficient (Wildman–Crippen LogP) is 1.82. The highest BCUT2D eigenvalue weighted by Crippen LogP contribution is 2.35. The Hall–Kier alpha value is -1.96. The Morgan fingerprint density at radius 2 is 2.25 bits per heavy atom. The van der Waals surface area contributed by atoms with Crippen molar-refractivity contribution in [2.75, 3.05) is 26.0 Å². The van der Waals surface area contributed by atoms with Gasteiger partial charge in [0.25, 0.3) is 0 Å². The van der Waals surface area contributed by atoms with Gasteiger partial charge in [0.15, 0.2) is 0 Å². The number of thiophene rings is 2. The summed E-state index contributed by atoms with van der Waals surface area (Å²) in [5, 5.41) is 5.39. The lowest BCUT2D eigenvalue weighted by atomic mass is 10.0. The highest BCUT2D eigenvalue weighted by molar-refractivity contribution is 7.17. The van der Waals surface area contributed by atoms with Crippen LogP contribution in [0.25, 0.3) is 6.08 Å². The molecule has 1 atom stereocenters. The van der Waals surface area contributed by atoms with Crippen molar-refractivity contribution in [2.45, 2.75) is 13.0 Å². The molecule has 1 aliphatic rings. The van der Waals surface area contributed by atoms with Crippen molar-refractivity contribution >= 4 is 45.6 Å². The number of hydrogen-bond acceptors (Lipinski definition) is 5. The van der Waals surface area contributed by atoms with E-state index in [1.54, 1.807) is 17.4 Å². The topological polar surface area (TPSA) is 59.8 Å². The third-order valence-corrected chi connectivity index (χ3v) is 5.91. The summed E-state index contributed by atoms with van der Waals surface area (Å²) in [6.45, 7) is 1.84. The zero-order chi connectivity index (χ0) is 17.1. The highest BCUT2D eigenvalue weighted by atomic mass is 32.1. The number of fused-ring (bicyclic) bond motifs is 1. The molecule has 0 saturated carbocycles. The highest BCUT2D eigenvalue weighted by Gasteiger charge is 2.29. The maximum absolute atomic E-state index is 12.2. The minimum absolute atomic E-state index is 0.243. The molecule has 2 aromatic rings. The van der Waals surface area contributed by atoms with Crippen LogP contribution >= 0.6 is 22.7 Å². The molecule has 2 N–H and O–H groups in total. The molecule has 0 spiro atoms. The van der Waals surface area contributed by atoms with E-state index in [9.17, 15) is 9.59 Å². The molecule has 0 aliphatic carbocycles. The molecule has 5 nitrogen and oxygen atoms in total. The van der Waals surface area contributed by atoms with Crippen molar-refractivity contribution in [3.8, 4) is 0 Å². The van der Waals surface area contributed by atoms with E-state index in [-0.39, 0.29) is 11.9 Å². The lowest BCUT2D eigenvalue weighted by Gasteiger charge is -2.19. The number of ether oxygens (including phenoxy) is 1. The molecule has 0 aromatic carbocycles. The molecule has 3 heterocycles. The summed E-state index contributed by atoms with van der Waals surface area (Å²) in [5.74, 6) is -0.627. The van der Waals surface area contributed by atoms with Crippen LogP contribution in [0.4, 0.5) is 5.00 Å². The fourth-order valence-corrected chi connectivity index (χ4v) is 4.69. The quantitative estimate of drug-likeness (QED) is 0.643. The number of methoxy groups -OCH3 is 1. The number of quaternary nitrogens is 1. The van der Waals surface area contributed by atoms with Gasteiger partial charge in [-0.15, -0.1) is 22.7 Å². The Balaban J connectivity index is 1.84. The van der Waals surface area contributed by atoms with Crippen molar-refractivity contribution in [3.63, 3.8) is 0 Å². The number of nitrogens with one attached hydrogen (secondary N) is 2. The second kappa shape index (κ2) is 7.29. The van der Waals surface area contributed by atoms with Gasteiger partial charge < -0.3 is 15.0 Å². The minimum Gasteiger partial charge on any atom is -0.465 e. The molecule has 24 heavy (non-hydrogen) atoms. The van der Waals surface area contributed by atoms with Crippen molar-refractivity contribution in [1.82, 2.24) is 0 Å². The van der Waals surface area contributed by atoms with Gasteiger partial charge in [0.2, 0.25) is 5.91 Å². The number of esters is 1. The van der Waals surface area contributed by atoms with Crippen LogP contribution < -0.4 is 10.2 Å². The zero-order valence-corrected chi connectivity index (χ0v) is 15.2. The molecule has 1 aliphatic heterocycles. The summed E-state index contributed by atoms with van der Waals surface area (Å²) in [4.78, 5) is 27.9. The van der Waals surface area contributed by atoms with Gasteiger partial charge >= 0.3 is 5.97 Å². The van der Waals surface area contributed by atoms with Gasteiger partial charge in [0, 0.05) is 17.4 Å². The third kappa shape index (κ3) is 3.58. The first-order chi connectivity index (χ1) is 11.6. The standard InChI is InChI=1S/C17H18N2O3S2/c1-19-8-7-12-13(10-19)24-16(15(12)17(21)22-2)18-14(20)6-5-11-4-3-9-23-11/h3-6,9H,7-8,10H2,1-2H3,(H,18,20)/p+1/b6-5+. The Bertz CT molecular complexity index is 778. The van der Waals surface area contributed by atoms with Crippen LogP contribution in [0.5, 0.6) is 0 Å². The fraction of sp³-hybridized carbons (Fsp3) is 0.294. The minimum atomic E-state index is -0.385. The number of carbonyl (C=O) groups is 2. The molecule has 0 bridgehead atoms. The van der Waals surface area contributed by atoms with Crippen molar-refractivity contribution in [2.24, 2.45) is 0 Å². The van der Waals surface area contributed by atoms with Crippen LogP contribution in [-0.4, -0.2) is 32.6 Å². The van der Waals surface area contributed by atoms with E-state index in [0.717, 1.165) is 34.8 Å². The number of carbonyl (C=O) groups excluding carboxylic acids is 2. The SMILES string of the molecule is COC(=O)c1c(NC(=O)/C=C/c2cccs2)sc2c1CC[NH+](C)C2. The number of anilines is 1. The van der Waals surface area contributed by atoms with Gasteiger partial charge in [-0.1, -0.05) is 6.07 Å². The van der Waals surface area contributed by atoms with Crippen LogP contribution in [0.2, 0.25) is 0 Å². The van der Waals surface area contributed by atoms with E-state index in [0.29, 0.717) is 10.6 Å². The van der Waals surface area contributed by atoms with Gasteiger partial charge in [-0.2, -0.15) is 0 Å². The Morgan fingerprint density at radius 3 is 2.96 bits per heavy atom. The molecule has 3 rings (SSSR count). The largest absolute Gasteiger partial charge is 0.465 e. The summed E-state index contributed by atoms with van der Waals surface area (Å²) in [6, 6.07) is 3.88. The molecule has 0 radical (unpaired) electrons. The molecule has 1 amide bonds. The summed E-state index contributed by atoms with van der Waals surface area (Å²) in [7, 11) is 3.50. The second-order valence-corrected chi connectivity index (χ2v) is 7.76. The van der Waals surface area contributed by atoms with Crippen molar-refractivity contribution < 1.29 is 19.2 Å². The first-order valence-electron chi connectivity index (χ1n) is 7.65. The van der Waals surface area contributed by atoms with E-state index >= 15 is 0 Å². The van der Waals surface area contributed by atoms with Crippen LogP contribution in [0.3, 0.4) is 0 Å². The molecular weight excluding hydrogens is 344 g/mol. The first kappa shape index (κ1) is 16.9. The summed E-state index contributed by atoms with van der Waals surface area (Å²) < 4.78 is 4.92. The summed E-state index contributed by atoms with van der Waals surface area (Å²) in [6.07, 6.45) is 4.08. The number of likely N-dealkylation sites (N-methyl/N-ethyl adjacent to an activating group) is 1. The van der Waals surface area contributed by atoms with E-state index in [1.807, 2.05) is 17.5 Å². The van der Waals surface area contributed by atoms with Crippen LogP contribution in [0.1, 0.15) is 25.7 Å². The van der Waals surface area contributed by atoms with Gasteiger partial charge in [0.1, 0.15) is 11.5 Å². The lowest BCUT2D eigenvalue weighted by molar-refractivity contribution is -0.895. The molecule has 1 unspecified atom stereocenters. The van der Waals surface area contributed by atoms with Crippen LogP contribution in [0, 0.1) is 0 Å². The normalized spacial score (nSPS) is 16.8. The average Bonchev–Trinajstić information content (AvgIpc) is 3.19. The Kier molecular flexibility index (Phi) is 5.13. The molecule has 126 valence electrons. The maximum atomic E-state index is 12.2. The van der Waals surface area contributed by atoms with Crippen LogP contribution in [0.15, 0.2) is 23.6 Å². The Morgan fingerprint density at radius 1 is 1.42 bits per heavy atom. The Labute approximate surface area is 148 Å². The maximum Gasteiger partial charge on any atom is 0.341 e. The smallest absolute Gasteiger partial charge is 0.341 e. The van der Waals surface area contributed by atoms with E-state index in [2.05, 4.69) is 12.4 Å². The summed E-state index contributed by atoms with van der Waals surface area (Å²) >= 11 is 3.04. The number of rotatable bonds is 4. The van der Waals surface area contributed by atoms with E-state index in [4.69, 9.17) is 4.74 Å². The van der Waals surface area contributed by atoms with Gasteiger partial charge in [0.05, 0.1) is 31.1 Å². The third-order valence-electron chi connectivity index (χ3n) is 3.92. The van der Waals surface area contributed by atoms with E-state index in [1.165, 1.54) is 29.4 Å². The van der Waals surface area contributed by atoms with Gasteiger partial charge in [-0.3, -0.25) is 4.79 Å². The molecule has 0 saturated heterocycles. The number of amides is 1. The first-order valence-corrected chi connectivity index (χ1v) is 9.35. The second-order valence-electron chi connectivity index (χ2n) is 5.67. The monoisotopic (exact) mass is 363 g/mol. The summed E-state index contributed by atoms with van der Waals surface area (Å²) in [5.41, 5.74) is 1.54. The molecule has 7 heteroatoms. The van der Waals surface area contributed by atoms with Crippen molar-refractivity contribution in [3.05, 3.63) is 44.5 Å². The fourth-order valence-electron chi connectivity index (χ4n) is 2.72. The van der Waals surface area contributed by atoms with Crippen LogP contribution in [-0.2, 0) is 22.5 Å². The molecule has 2 aromatic heterocycles. The van der Waals surface area contributed by atoms with Crippen molar-refractivity contribution in [1.29, 1.82) is 0 Å².